The van der Waals surface area contributed by atoms with Crippen molar-refractivity contribution < 1.29 is 19.2 Å². The fourth-order valence-electron chi connectivity index (χ4n) is 3.04. The van der Waals surface area contributed by atoms with Gasteiger partial charge in [-0.1, -0.05) is 36.4 Å². The molecule has 0 aliphatic rings. The van der Waals surface area contributed by atoms with Crippen LogP contribution in [0.1, 0.15) is 28.9 Å². The van der Waals surface area contributed by atoms with Gasteiger partial charge in [0, 0.05) is 24.4 Å². The summed E-state index contributed by atoms with van der Waals surface area (Å²) in [6, 6.07) is 21.6. The number of nitro groups is 1. The van der Waals surface area contributed by atoms with E-state index in [1.807, 2.05) is 31.2 Å². The molecular weight excluding hydrogens is 410 g/mol. The zero-order valence-corrected chi connectivity index (χ0v) is 17.7. The van der Waals surface area contributed by atoms with E-state index in [4.69, 9.17) is 4.74 Å². The molecule has 0 aliphatic carbocycles. The van der Waals surface area contributed by atoms with Gasteiger partial charge in [-0.15, -0.1) is 0 Å². The molecule has 2 amide bonds. The van der Waals surface area contributed by atoms with E-state index in [1.165, 1.54) is 23.1 Å². The monoisotopic (exact) mass is 433 g/mol. The Balaban J connectivity index is 1.62. The number of hydrogen-bond acceptors (Lipinski definition) is 5. The molecule has 164 valence electrons. The summed E-state index contributed by atoms with van der Waals surface area (Å²) in [6.45, 7) is 1.61. The Morgan fingerprint density at radius 1 is 1.03 bits per heavy atom. The minimum Gasteiger partial charge on any atom is -0.484 e. The summed E-state index contributed by atoms with van der Waals surface area (Å²) in [5.74, 6) is -0.257. The summed E-state index contributed by atoms with van der Waals surface area (Å²) in [4.78, 5) is 36.9. The Bertz CT molecular complexity index is 1120. The first-order valence-electron chi connectivity index (χ1n) is 9.94. The summed E-state index contributed by atoms with van der Waals surface area (Å²) in [7, 11) is 1.65. The quantitative estimate of drug-likeness (QED) is 0.418. The van der Waals surface area contributed by atoms with E-state index in [0.717, 1.165) is 5.56 Å². The molecule has 1 unspecified atom stereocenters. The number of non-ortho nitro benzene ring substituents is 1. The highest BCUT2D eigenvalue weighted by Gasteiger charge is 2.19. The van der Waals surface area contributed by atoms with Crippen molar-refractivity contribution in [1.29, 1.82) is 0 Å². The fraction of sp³-hybridized carbons (Fsp3) is 0.167. The number of benzene rings is 3. The van der Waals surface area contributed by atoms with Gasteiger partial charge in [-0.05, 0) is 42.8 Å². The van der Waals surface area contributed by atoms with Gasteiger partial charge in [0.05, 0.1) is 17.0 Å². The molecule has 32 heavy (non-hydrogen) atoms. The second kappa shape index (κ2) is 10.2. The number of anilines is 1. The number of nitrogens with one attached hydrogen (secondary N) is 1. The largest absolute Gasteiger partial charge is 0.484 e. The summed E-state index contributed by atoms with van der Waals surface area (Å²) in [6.07, 6.45) is 0. The number of nitrogens with zero attached hydrogens (tertiary/aromatic N) is 2. The average Bonchev–Trinajstić information content (AvgIpc) is 2.82. The van der Waals surface area contributed by atoms with E-state index in [2.05, 4.69) is 5.32 Å². The molecule has 0 saturated carbocycles. The second-order valence-corrected chi connectivity index (χ2v) is 7.17. The van der Waals surface area contributed by atoms with Crippen molar-refractivity contribution in [2.45, 2.75) is 13.0 Å². The minimum atomic E-state index is -0.521. The lowest BCUT2D eigenvalue weighted by Gasteiger charge is -2.25. The van der Waals surface area contributed by atoms with Crippen molar-refractivity contribution in [3.8, 4) is 5.75 Å². The van der Waals surface area contributed by atoms with Crippen LogP contribution in [0.3, 0.4) is 0 Å². The van der Waals surface area contributed by atoms with E-state index < -0.39 is 4.92 Å². The number of ether oxygens (including phenoxy) is 1. The summed E-state index contributed by atoms with van der Waals surface area (Å²) >= 11 is 0. The Hall–Kier alpha value is -4.20. The number of amides is 2. The minimum absolute atomic E-state index is 0.106. The first kappa shape index (κ1) is 22.5. The van der Waals surface area contributed by atoms with Crippen LogP contribution < -0.4 is 10.1 Å². The van der Waals surface area contributed by atoms with Gasteiger partial charge in [-0.25, -0.2) is 0 Å². The Morgan fingerprint density at radius 2 is 1.75 bits per heavy atom. The normalized spacial score (nSPS) is 11.3. The van der Waals surface area contributed by atoms with Crippen LogP contribution in [0.25, 0.3) is 0 Å². The van der Waals surface area contributed by atoms with E-state index >= 15 is 0 Å². The maximum absolute atomic E-state index is 12.6. The predicted octanol–water partition coefficient (Wildman–Crippen LogP) is 4.45. The van der Waals surface area contributed by atoms with Crippen LogP contribution in [-0.4, -0.2) is 35.3 Å². The standard InChI is InChI=1S/C24H23N3O5/c1-17(26(2)23(28)16-32-22-13-7-12-21(15-22)27(30)31)19-10-6-11-20(14-19)25-24(29)18-8-4-3-5-9-18/h3-15,17H,16H2,1-2H3,(H,25,29). The Kier molecular flexibility index (Phi) is 7.17. The molecule has 3 aromatic carbocycles. The highest BCUT2D eigenvalue weighted by atomic mass is 16.6. The molecule has 3 rings (SSSR count). The lowest BCUT2D eigenvalue weighted by Crippen LogP contribution is -2.33. The lowest BCUT2D eigenvalue weighted by molar-refractivity contribution is -0.384. The molecule has 0 bridgehead atoms. The van der Waals surface area contributed by atoms with Crippen molar-refractivity contribution in [3.05, 3.63) is 100 Å². The molecule has 0 fully saturated rings. The number of carbonyl (C=O) groups is 2. The predicted molar refractivity (Wildman–Crippen MR) is 121 cm³/mol. The molecular formula is C24H23N3O5. The molecule has 0 aromatic heterocycles. The first-order chi connectivity index (χ1) is 15.3. The van der Waals surface area contributed by atoms with Gasteiger partial charge in [0.15, 0.2) is 6.61 Å². The van der Waals surface area contributed by atoms with E-state index in [9.17, 15) is 19.7 Å². The van der Waals surface area contributed by atoms with Gasteiger partial charge in [-0.2, -0.15) is 0 Å². The molecule has 0 heterocycles. The van der Waals surface area contributed by atoms with Crippen molar-refractivity contribution in [1.82, 2.24) is 4.90 Å². The van der Waals surface area contributed by atoms with Crippen LogP contribution in [0, 0.1) is 10.1 Å². The number of nitro benzene ring substituents is 1. The number of likely N-dealkylation sites (N-methyl/N-ethyl adjacent to an activating group) is 1. The summed E-state index contributed by atoms with van der Waals surface area (Å²) < 4.78 is 5.44. The maximum Gasteiger partial charge on any atom is 0.273 e. The molecule has 1 atom stereocenters. The highest BCUT2D eigenvalue weighted by molar-refractivity contribution is 6.04. The maximum atomic E-state index is 12.6. The van der Waals surface area contributed by atoms with Gasteiger partial charge in [0.25, 0.3) is 17.5 Å². The summed E-state index contributed by atoms with van der Waals surface area (Å²) in [5.41, 5.74) is 1.90. The van der Waals surface area contributed by atoms with Gasteiger partial charge in [0.1, 0.15) is 5.75 Å². The molecule has 8 nitrogen and oxygen atoms in total. The molecule has 1 N–H and O–H groups in total. The SMILES string of the molecule is CC(c1cccc(NC(=O)c2ccccc2)c1)N(C)C(=O)COc1cccc([N+](=O)[O-])c1. The molecule has 0 aliphatic heterocycles. The lowest BCUT2D eigenvalue weighted by atomic mass is 10.1. The highest BCUT2D eigenvalue weighted by Crippen LogP contribution is 2.23. The zero-order chi connectivity index (χ0) is 23.1. The van der Waals surface area contributed by atoms with Crippen molar-refractivity contribution in [2.24, 2.45) is 0 Å². The second-order valence-electron chi connectivity index (χ2n) is 7.17. The third kappa shape index (κ3) is 5.69. The van der Waals surface area contributed by atoms with Crippen LogP contribution in [0.2, 0.25) is 0 Å². The average molecular weight is 433 g/mol. The van der Waals surface area contributed by atoms with Crippen molar-refractivity contribution in [3.63, 3.8) is 0 Å². The third-order valence-corrected chi connectivity index (χ3v) is 5.03. The third-order valence-electron chi connectivity index (χ3n) is 5.03. The molecule has 3 aromatic rings. The van der Waals surface area contributed by atoms with Crippen LogP contribution in [0.15, 0.2) is 78.9 Å². The van der Waals surface area contributed by atoms with Crippen molar-refractivity contribution >= 4 is 23.2 Å². The molecule has 0 radical (unpaired) electrons. The molecule has 0 saturated heterocycles. The number of carbonyl (C=O) groups excluding carboxylic acids is 2. The first-order valence-corrected chi connectivity index (χ1v) is 9.94. The van der Waals surface area contributed by atoms with Crippen LogP contribution in [0.4, 0.5) is 11.4 Å². The zero-order valence-electron chi connectivity index (χ0n) is 17.7. The summed E-state index contributed by atoms with van der Waals surface area (Å²) in [5, 5.41) is 13.7. The van der Waals surface area contributed by atoms with Crippen molar-refractivity contribution in [2.75, 3.05) is 19.0 Å². The molecule has 0 spiro atoms. The number of hydrogen-bond donors (Lipinski definition) is 1. The number of rotatable bonds is 8. The van der Waals surface area contributed by atoms with Crippen LogP contribution in [0.5, 0.6) is 5.75 Å². The van der Waals surface area contributed by atoms with Crippen LogP contribution >= 0.6 is 0 Å². The van der Waals surface area contributed by atoms with Gasteiger partial charge in [0.2, 0.25) is 0 Å². The molecule has 8 heteroatoms. The van der Waals surface area contributed by atoms with Gasteiger partial charge < -0.3 is 15.0 Å². The topological polar surface area (TPSA) is 102 Å². The van der Waals surface area contributed by atoms with Gasteiger partial charge >= 0.3 is 0 Å². The van der Waals surface area contributed by atoms with E-state index in [1.54, 1.807) is 43.4 Å². The van der Waals surface area contributed by atoms with Crippen LogP contribution in [-0.2, 0) is 4.79 Å². The Labute approximate surface area is 185 Å². The fourth-order valence-corrected chi connectivity index (χ4v) is 3.04. The smallest absolute Gasteiger partial charge is 0.273 e. The van der Waals surface area contributed by atoms with E-state index in [0.29, 0.717) is 11.3 Å². The van der Waals surface area contributed by atoms with E-state index in [-0.39, 0.29) is 35.9 Å². The Morgan fingerprint density at radius 3 is 2.47 bits per heavy atom. The van der Waals surface area contributed by atoms with Gasteiger partial charge in [-0.3, -0.25) is 19.7 Å².